The molecule has 0 spiro atoms. The van der Waals surface area contributed by atoms with Crippen molar-refractivity contribution in [3.05, 3.63) is 82.5 Å². The number of aliphatic carboxylic acids is 1. The fraction of sp³-hybridized carbons (Fsp3) is 0.190. The van der Waals surface area contributed by atoms with E-state index < -0.39 is 5.97 Å². The lowest BCUT2D eigenvalue weighted by Gasteiger charge is -2.14. The summed E-state index contributed by atoms with van der Waals surface area (Å²) in [5, 5.41) is 10.9. The number of carboxylic acids is 1. The second-order valence-corrected chi connectivity index (χ2v) is 6.89. The molecule has 0 aliphatic carbocycles. The van der Waals surface area contributed by atoms with Gasteiger partial charge in [-0.05, 0) is 54.7 Å². The zero-order valence-electron chi connectivity index (χ0n) is 13.8. The van der Waals surface area contributed by atoms with Crippen LogP contribution in [-0.4, -0.2) is 10.5 Å². The van der Waals surface area contributed by atoms with Crippen molar-refractivity contribution in [1.82, 2.24) is 4.57 Å². The fourth-order valence-electron chi connectivity index (χ4n) is 2.98. The van der Waals surface area contributed by atoms with Gasteiger partial charge in [-0.15, -0.1) is 0 Å². The third-order valence-corrected chi connectivity index (χ3v) is 4.79. The number of carbonyl (C=O) groups excluding carboxylic acids is 1. The van der Waals surface area contributed by atoms with Gasteiger partial charge < -0.3 is 14.5 Å². The minimum atomic E-state index is -1.01. The number of benzene rings is 2. The maximum absolute atomic E-state index is 10.9. The van der Waals surface area contributed by atoms with Crippen LogP contribution in [0.25, 0.3) is 11.3 Å². The van der Waals surface area contributed by atoms with Crippen molar-refractivity contribution in [3.8, 4) is 11.3 Å². The predicted molar refractivity (Wildman–Crippen MR) is 101 cm³/mol. The smallest absolute Gasteiger partial charge is 0.0482 e. The lowest BCUT2D eigenvalue weighted by atomic mass is 10.1. The highest BCUT2D eigenvalue weighted by Gasteiger charge is 2.10. The summed E-state index contributed by atoms with van der Waals surface area (Å²) in [5.41, 5.74) is 4.52. The van der Waals surface area contributed by atoms with Crippen LogP contribution in [0, 0.1) is 0 Å². The van der Waals surface area contributed by atoms with E-state index in [-0.39, 0.29) is 6.42 Å². The molecule has 0 saturated heterocycles. The number of hydrogen-bond donors (Lipinski definition) is 0. The monoisotopic (exact) mass is 396 g/mol. The maximum atomic E-state index is 10.9. The molecule has 25 heavy (non-hydrogen) atoms. The Balaban J connectivity index is 1.88. The number of carbonyl (C=O) groups is 1. The second-order valence-electron chi connectivity index (χ2n) is 5.98. The van der Waals surface area contributed by atoms with Gasteiger partial charge in [0.15, 0.2) is 0 Å². The summed E-state index contributed by atoms with van der Waals surface area (Å²) in [5.74, 6) is -1.01. The van der Waals surface area contributed by atoms with Crippen LogP contribution in [0.2, 0.25) is 0 Å². The topological polar surface area (TPSA) is 45.1 Å². The Kier molecular flexibility index (Phi) is 5.71. The first-order valence-electron chi connectivity index (χ1n) is 8.31. The summed E-state index contributed by atoms with van der Waals surface area (Å²) >= 11 is 3.46. The van der Waals surface area contributed by atoms with Gasteiger partial charge in [-0.3, -0.25) is 0 Å². The third kappa shape index (κ3) is 4.60. The molecule has 0 bridgehead atoms. The fourth-order valence-corrected chi connectivity index (χ4v) is 3.24. The Morgan fingerprint density at radius 1 is 0.920 bits per heavy atom. The van der Waals surface area contributed by atoms with Gasteiger partial charge in [-0.1, -0.05) is 58.4 Å². The number of rotatable bonds is 7. The normalized spacial score (nSPS) is 10.8. The van der Waals surface area contributed by atoms with Gasteiger partial charge in [0.1, 0.15) is 0 Å². The Bertz CT molecular complexity index is 838. The molecule has 4 heteroatoms. The van der Waals surface area contributed by atoms with E-state index in [0.717, 1.165) is 34.4 Å². The molecule has 1 aromatic heterocycles. The molecule has 0 amide bonds. The molecule has 2 aromatic carbocycles. The first-order valence-corrected chi connectivity index (χ1v) is 9.11. The van der Waals surface area contributed by atoms with Crippen molar-refractivity contribution < 1.29 is 9.90 Å². The quantitative estimate of drug-likeness (QED) is 0.608. The SMILES string of the molecule is O=C([O-])CCc1ccc(-c2ccc(Br)cc2)n1CCc1ccccc1. The highest BCUT2D eigenvalue weighted by atomic mass is 79.9. The van der Waals surface area contributed by atoms with E-state index in [4.69, 9.17) is 0 Å². The summed E-state index contributed by atoms with van der Waals surface area (Å²) in [4.78, 5) is 10.9. The number of halogens is 1. The largest absolute Gasteiger partial charge is 0.550 e. The molecule has 3 aromatic rings. The van der Waals surface area contributed by atoms with Crippen molar-refractivity contribution in [2.45, 2.75) is 25.8 Å². The van der Waals surface area contributed by atoms with Gasteiger partial charge in [0.2, 0.25) is 0 Å². The van der Waals surface area contributed by atoms with Crippen LogP contribution in [-0.2, 0) is 24.2 Å². The van der Waals surface area contributed by atoms with Crippen LogP contribution in [0.1, 0.15) is 17.7 Å². The maximum Gasteiger partial charge on any atom is 0.0482 e. The van der Waals surface area contributed by atoms with Crippen molar-refractivity contribution >= 4 is 21.9 Å². The standard InChI is InChI=1S/C21H20BrNO2/c22-18-8-6-17(7-9-18)20-12-10-19(11-13-21(24)25)23(20)15-14-16-4-2-1-3-5-16/h1-10,12H,11,13-15H2,(H,24,25)/p-1. The van der Waals surface area contributed by atoms with Crippen molar-refractivity contribution in [3.63, 3.8) is 0 Å². The molecule has 0 aliphatic heterocycles. The first kappa shape index (κ1) is 17.5. The number of aromatic nitrogens is 1. The zero-order valence-corrected chi connectivity index (χ0v) is 15.4. The molecular weight excluding hydrogens is 378 g/mol. The molecule has 1 heterocycles. The Hall–Kier alpha value is -2.33. The summed E-state index contributed by atoms with van der Waals surface area (Å²) < 4.78 is 3.26. The van der Waals surface area contributed by atoms with Gasteiger partial charge in [-0.25, -0.2) is 0 Å². The summed E-state index contributed by atoms with van der Waals surface area (Å²) in [6.45, 7) is 0.810. The molecule has 0 N–H and O–H groups in total. The number of carboxylic acid groups (broad SMARTS) is 1. The molecule has 0 aliphatic rings. The number of aryl methyl sites for hydroxylation is 2. The van der Waals surface area contributed by atoms with Gasteiger partial charge >= 0.3 is 0 Å². The molecule has 0 unspecified atom stereocenters. The van der Waals surface area contributed by atoms with E-state index in [1.54, 1.807) is 0 Å². The molecule has 0 radical (unpaired) electrons. The van der Waals surface area contributed by atoms with Gasteiger partial charge in [0.05, 0.1) is 0 Å². The molecule has 0 saturated carbocycles. The number of hydrogen-bond acceptors (Lipinski definition) is 2. The van der Waals surface area contributed by atoms with Gasteiger partial charge in [-0.2, -0.15) is 0 Å². The summed E-state index contributed by atoms with van der Waals surface area (Å²) in [6, 6.07) is 22.6. The molecular formula is C21H19BrNO2-. The molecule has 0 atom stereocenters. The minimum Gasteiger partial charge on any atom is -0.550 e. The van der Waals surface area contributed by atoms with Gasteiger partial charge in [0, 0.05) is 28.4 Å². The van der Waals surface area contributed by atoms with Crippen LogP contribution in [0.3, 0.4) is 0 Å². The zero-order chi connectivity index (χ0) is 17.6. The molecule has 0 fully saturated rings. The highest BCUT2D eigenvalue weighted by Crippen LogP contribution is 2.25. The predicted octanol–water partition coefficient (Wildman–Crippen LogP) is 3.84. The van der Waals surface area contributed by atoms with Crippen molar-refractivity contribution in [1.29, 1.82) is 0 Å². The average Bonchev–Trinajstić information content (AvgIpc) is 3.02. The lowest BCUT2D eigenvalue weighted by Crippen LogP contribution is -2.23. The summed E-state index contributed by atoms with van der Waals surface area (Å²) in [7, 11) is 0. The third-order valence-electron chi connectivity index (χ3n) is 4.26. The van der Waals surface area contributed by atoms with Crippen LogP contribution in [0.4, 0.5) is 0 Å². The molecule has 3 nitrogen and oxygen atoms in total. The second kappa shape index (κ2) is 8.17. The Morgan fingerprint density at radius 3 is 2.32 bits per heavy atom. The molecule has 3 rings (SSSR count). The average molecular weight is 397 g/mol. The van der Waals surface area contributed by atoms with E-state index in [1.807, 2.05) is 36.4 Å². The minimum absolute atomic E-state index is 0.0368. The van der Waals surface area contributed by atoms with Gasteiger partial charge in [0.25, 0.3) is 0 Å². The van der Waals surface area contributed by atoms with Crippen molar-refractivity contribution in [2.24, 2.45) is 0 Å². The van der Waals surface area contributed by atoms with E-state index >= 15 is 0 Å². The van der Waals surface area contributed by atoms with Crippen LogP contribution >= 0.6 is 15.9 Å². The Labute approximate surface area is 156 Å². The van der Waals surface area contributed by atoms with Crippen LogP contribution < -0.4 is 5.11 Å². The van der Waals surface area contributed by atoms with E-state index in [0.29, 0.717) is 6.42 Å². The number of nitrogens with zero attached hydrogens (tertiary/aromatic N) is 1. The Morgan fingerprint density at radius 2 is 1.64 bits per heavy atom. The lowest BCUT2D eigenvalue weighted by molar-refractivity contribution is -0.305. The van der Waals surface area contributed by atoms with Crippen molar-refractivity contribution in [2.75, 3.05) is 0 Å². The first-order chi connectivity index (χ1) is 12.1. The van der Waals surface area contributed by atoms with Crippen LogP contribution in [0.5, 0.6) is 0 Å². The van der Waals surface area contributed by atoms with Crippen LogP contribution in [0.15, 0.2) is 71.2 Å². The van der Waals surface area contributed by atoms with E-state index in [9.17, 15) is 9.90 Å². The van der Waals surface area contributed by atoms with E-state index in [2.05, 4.69) is 50.8 Å². The highest BCUT2D eigenvalue weighted by molar-refractivity contribution is 9.10. The summed E-state index contributed by atoms with van der Waals surface area (Å²) in [6.07, 6.45) is 1.42. The molecule has 128 valence electrons. The van der Waals surface area contributed by atoms with E-state index in [1.165, 1.54) is 5.56 Å².